The second-order valence-corrected chi connectivity index (χ2v) is 6.36. The van der Waals surface area contributed by atoms with Crippen molar-refractivity contribution in [3.05, 3.63) is 35.6 Å². The Morgan fingerprint density at radius 1 is 1.33 bits per heavy atom. The average Bonchev–Trinajstić information content (AvgIpc) is 2.58. The number of carbonyl (C=O) groups excluding carboxylic acids is 2. The minimum atomic E-state index is -0.310. The Morgan fingerprint density at radius 3 is 2.75 bits per heavy atom. The number of nitrogens with zero attached hydrogens (tertiary/aromatic N) is 2. The van der Waals surface area contributed by atoms with E-state index in [1.807, 2.05) is 0 Å². The van der Waals surface area contributed by atoms with Crippen LogP contribution in [0.25, 0.3) is 0 Å². The molecule has 1 aliphatic rings. The van der Waals surface area contributed by atoms with Gasteiger partial charge in [0.15, 0.2) is 0 Å². The number of piperazine rings is 1. The molecule has 0 aromatic heterocycles. The average molecular weight is 335 g/mol. The molecule has 132 valence electrons. The fourth-order valence-electron chi connectivity index (χ4n) is 2.62. The molecule has 0 aliphatic carbocycles. The Kier molecular flexibility index (Phi) is 6.58. The number of halogens is 1. The molecular formula is C18H26FN3O2. The fourth-order valence-corrected chi connectivity index (χ4v) is 2.62. The van der Waals surface area contributed by atoms with Crippen LogP contribution in [0.4, 0.5) is 9.18 Å². The molecular weight excluding hydrogens is 309 g/mol. The molecule has 1 fully saturated rings. The lowest BCUT2D eigenvalue weighted by atomic mass is 10.1. The van der Waals surface area contributed by atoms with Gasteiger partial charge in [-0.1, -0.05) is 38.5 Å². The van der Waals surface area contributed by atoms with Crippen LogP contribution in [0.15, 0.2) is 24.3 Å². The molecule has 0 bridgehead atoms. The van der Waals surface area contributed by atoms with Gasteiger partial charge in [-0.3, -0.25) is 4.79 Å². The van der Waals surface area contributed by atoms with E-state index >= 15 is 0 Å². The van der Waals surface area contributed by atoms with Crippen LogP contribution in [0, 0.1) is 11.7 Å². The smallest absolute Gasteiger partial charge is 0.317 e. The van der Waals surface area contributed by atoms with Crippen molar-refractivity contribution in [2.75, 3.05) is 26.2 Å². The molecule has 3 amide bonds. The molecule has 1 aromatic rings. The summed E-state index contributed by atoms with van der Waals surface area (Å²) in [6.45, 7) is 6.08. The third kappa shape index (κ3) is 4.94. The fraction of sp³-hybridized carbons (Fsp3) is 0.556. The molecule has 6 heteroatoms. The molecule has 1 aliphatic heterocycles. The van der Waals surface area contributed by atoms with E-state index in [2.05, 4.69) is 19.2 Å². The second-order valence-electron chi connectivity index (χ2n) is 6.36. The molecule has 0 saturated carbocycles. The summed E-state index contributed by atoms with van der Waals surface area (Å²) in [6, 6.07) is 6.25. The summed E-state index contributed by atoms with van der Waals surface area (Å²) in [5.41, 5.74) is 0.498. The highest BCUT2D eigenvalue weighted by atomic mass is 19.1. The lowest BCUT2D eigenvalue weighted by molar-refractivity contribution is -0.135. The largest absolute Gasteiger partial charge is 0.338 e. The van der Waals surface area contributed by atoms with Crippen LogP contribution in [-0.2, 0) is 11.3 Å². The Morgan fingerprint density at radius 2 is 2.08 bits per heavy atom. The van der Waals surface area contributed by atoms with Crippen molar-refractivity contribution in [1.29, 1.82) is 0 Å². The number of benzene rings is 1. The summed E-state index contributed by atoms with van der Waals surface area (Å²) in [4.78, 5) is 27.5. The lowest BCUT2D eigenvalue weighted by Crippen LogP contribution is -2.54. The molecule has 1 N–H and O–H groups in total. The normalized spacial score (nSPS) is 16.2. The van der Waals surface area contributed by atoms with E-state index in [0.717, 1.165) is 12.8 Å². The Hall–Kier alpha value is -2.11. The maximum absolute atomic E-state index is 13.7. The minimum absolute atomic E-state index is 0.0453. The first-order valence-electron chi connectivity index (χ1n) is 8.55. The van der Waals surface area contributed by atoms with E-state index in [1.54, 1.807) is 23.1 Å². The van der Waals surface area contributed by atoms with Crippen molar-refractivity contribution in [3.63, 3.8) is 0 Å². The van der Waals surface area contributed by atoms with E-state index in [9.17, 15) is 14.0 Å². The molecule has 2 rings (SSSR count). The topological polar surface area (TPSA) is 52.7 Å². The lowest BCUT2D eigenvalue weighted by Gasteiger charge is -2.34. The van der Waals surface area contributed by atoms with Gasteiger partial charge in [0.05, 0.1) is 0 Å². The highest BCUT2D eigenvalue weighted by molar-refractivity contribution is 5.85. The van der Waals surface area contributed by atoms with Crippen LogP contribution in [0.3, 0.4) is 0 Å². The van der Waals surface area contributed by atoms with Gasteiger partial charge in [-0.05, 0) is 18.4 Å². The molecule has 0 unspecified atom stereocenters. The number of urea groups is 1. The quantitative estimate of drug-likeness (QED) is 0.869. The summed E-state index contributed by atoms with van der Waals surface area (Å²) in [7, 11) is 0. The van der Waals surface area contributed by atoms with Gasteiger partial charge in [0.2, 0.25) is 5.91 Å². The second kappa shape index (κ2) is 8.66. The third-order valence-electron chi connectivity index (χ3n) is 4.54. The Bertz CT molecular complexity index is 579. The van der Waals surface area contributed by atoms with Gasteiger partial charge >= 0.3 is 6.03 Å². The first kappa shape index (κ1) is 18.2. The zero-order chi connectivity index (χ0) is 17.5. The molecule has 1 heterocycles. The number of hydrogen-bond donors (Lipinski definition) is 1. The number of hydrogen-bond acceptors (Lipinski definition) is 2. The van der Waals surface area contributed by atoms with Gasteiger partial charge in [-0.25, -0.2) is 9.18 Å². The molecule has 0 radical (unpaired) electrons. The van der Waals surface area contributed by atoms with Gasteiger partial charge in [-0.2, -0.15) is 0 Å². The molecule has 1 atom stereocenters. The Labute approximate surface area is 142 Å². The van der Waals surface area contributed by atoms with Crippen LogP contribution in [0.5, 0.6) is 0 Å². The Balaban J connectivity index is 1.81. The summed E-state index contributed by atoms with van der Waals surface area (Å²) < 4.78 is 13.7. The number of amides is 3. The van der Waals surface area contributed by atoms with E-state index in [-0.39, 0.29) is 30.8 Å². The van der Waals surface area contributed by atoms with E-state index in [0.29, 0.717) is 31.1 Å². The first-order chi connectivity index (χ1) is 11.5. The molecule has 5 nitrogen and oxygen atoms in total. The van der Waals surface area contributed by atoms with E-state index in [1.165, 1.54) is 11.0 Å². The van der Waals surface area contributed by atoms with Crippen LogP contribution >= 0.6 is 0 Å². The van der Waals surface area contributed by atoms with Gasteiger partial charge < -0.3 is 15.1 Å². The van der Waals surface area contributed by atoms with Crippen LogP contribution in [0.1, 0.15) is 32.3 Å². The zero-order valence-corrected chi connectivity index (χ0v) is 14.4. The number of carbonyl (C=O) groups is 2. The van der Waals surface area contributed by atoms with Crippen molar-refractivity contribution < 1.29 is 14.0 Å². The highest BCUT2D eigenvalue weighted by Crippen LogP contribution is 2.13. The monoisotopic (exact) mass is 335 g/mol. The van der Waals surface area contributed by atoms with Gasteiger partial charge in [0.1, 0.15) is 12.4 Å². The predicted molar refractivity (Wildman–Crippen MR) is 90.9 cm³/mol. The zero-order valence-electron chi connectivity index (χ0n) is 14.4. The molecule has 0 spiro atoms. The minimum Gasteiger partial charge on any atom is -0.338 e. The van der Waals surface area contributed by atoms with Crippen LogP contribution < -0.4 is 5.32 Å². The standard InChI is InChI=1S/C18H26FN3O2/c1-3-14(2)8-9-20-18(24)22-11-10-21(17(23)13-22)12-15-6-4-5-7-16(15)19/h4-7,14H,3,8-13H2,1-2H3,(H,20,24)/t14-/m0/s1. The third-order valence-corrected chi connectivity index (χ3v) is 4.54. The van der Waals surface area contributed by atoms with Crippen molar-refractivity contribution >= 4 is 11.9 Å². The highest BCUT2D eigenvalue weighted by Gasteiger charge is 2.27. The summed E-state index contributed by atoms with van der Waals surface area (Å²) in [5.74, 6) is 0.113. The van der Waals surface area contributed by atoms with Crippen molar-refractivity contribution in [2.24, 2.45) is 5.92 Å². The summed E-state index contributed by atoms with van der Waals surface area (Å²) >= 11 is 0. The first-order valence-corrected chi connectivity index (χ1v) is 8.55. The van der Waals surface area contributed by atoms with Crippen LogP contribution in [0.2, 0.25) is 0 Å². The van der Waals surface area contributed by atoms with Gasteiger partial charge in [0, 0.05) is 31.7 Å². The van der Waals surface area contributed by atoms with E-state index in [4.69, 9.17) is 0 Å². The molecule has 24 heavy (non-hydrogen) atoms. The maximum Gasteiger partial charge on any atom is 0.317 e. The maximum atomic E-state index is 13.7. The van der Waals surface area contributed by atoms with Crippen molar-refractivity contribution in [1.82, 2.24) is 15.1 Å². The number of rotatable bonds is 6. The predicted octanol–water partition coefficient (Wildman–Crippen LogP) is 2.62. The van der Waals surface area contributed by atoms with Crippen LogP contribution in [-0.4, -0.2) is 47.9 Å². The summed E-state index contributed by atoms with van der Waals surface area (Å²) in [5, 5.41) is 2.87. The van der Waals surface area contributed by atoms with Gasteiger partial charge in [-0.15, -0.1) is 0 Å². The van der Waals surface area contributed by atoms with Crippen molar-refractivity contribution in [2.45, 2.75) is 33.2 Å². The summed E-state index contributed by atoms with van der Waals surface area (Å²) in [6.07, 6.45) is 2.02. The van der Waals surface area contributed by atoms with E-state index < -0.39 is 0 Å². The molecule has 1 saturated heterocycles. The van der Waals surface area contributed by atoms with Gasteiger partial charge in [0.25, 0.3) is 0 Å². The molecule has 1 aromatic carbocycles. The number of nitrogens with one attached hydrogen (secondary N) is 1. The van der Waals surface area contributed by atoms with Crippen molar-refractivity contribution in [3.8, 4) is 0 Å². The SMILES string of the molecule is CC[C@H](C)CCNC(=O)N1CCN(Cc2ccccc2F)C(=O)C1.